The van der Waals surface area contributed by atoms with Gasteiger partial charge >= 0.3 is 0 Å². The Morgan fingerprint density at radius 3 is 2.00 bits per heavy atom. The molecule has 0 amide bonds. The summed E-state index contributed by atoms with van der Waals surface area (Å²) in [7, 11) is 0. The first-order valence-corrected chi connectivity index (χ1v) is 25.0. The summed E-state index contributed by atoms with van der Waals surface area (Å²) in [5.41, 5.74) is 17.3. The summed E-state index contributed by atoms with van der Waals surface area (Å²) in [5.74, 6) is 0. The molecule has 4 heteroatoms. The molecule has 2 unspecified atom stereocenters. The summed E-state index contributed by atoms with van der Waals surface area (Å²) in [6.07, 6.45) is 34.0. The van der Waals surface area contributed by atoms with Crippen LogP contribution in [0.3, 0.4) is 0 Å². The fraction of sp³-hybridized carbons (Fsp3) is 0.121. The van der Waals surface area contributed by atoms with Crippen molar-refractivity contribution in [2.75, 3.05) is 4.90 Å². The summed E-state index contributed by atoms with van der Waals surface area (Å²) >= 11 is 0. The Hall–Kier alpha value is -8.34. The molecule has 0 N–H and O–H groups in total. The number of furan rings is 1. The molecule has 2 aromatic heterocycles. The van der Waals surface area contributed by atoms with Gasteiger partial charge in [-0.15, -0.1) is 0 Å². The Morgan fingerprint density at radius 2 is 1.29 bits per heavy atom. The van der Waals surface area contributed by atoms with Crippen molar-refractivity contribution >= 4 is 55.0 Å². The highest BCUT2D eigenvalue weighted by Crippen LogP contribution is 2.47. The molecule has 13 rings (SSSR count). The lowest BCUT2D eigenvalue weighted by molar-refractivity contribution is 0.349. The van der Waals surface area contributed by atoms with E-state index in [0.29, 0.717) is 0 Å². The molecule has 2 heterocycles. The maximum absolute atomic E-state index is 7.27. The number of para-hydroxylation sites is 3. The quantitative estimate of drug-likeness (QED) is 0.137. The Morgan fingerprint density at radius 1 is 0.557 bits per heavy atom. The number of rotatable bonds is 10. The Balaban J connectivity index is 1.10. The third-order valence-corrected chi connectivity index (χ3v) is 14.6. The smallest absolute Gasteiger partial charge is 0.145 e. The minimum Gasteiger partial charge on any atom is -0.455 e. The number of hydrogen-bond donors (Lipinski definition) is 0. The van der Waals surface area contributed by atoms with E-state index in [9.17, 15) is 0 Å². The Bertz CT molecular complexity index is 3660. The van der Waals surface area contributed by atoms with Crippen LogP contribution >= 0.6 is 0 Å². The minimum atomic E-state index is 0.0321. The SMILES string of the molecule is C1=CCCC(N(C2=CCCC=C2)C2C=C(c3cc4c5ccccc5n(-c5cc(-c6ccccc6)cc(-c6ccccc6)c5)c4c4c3oc3ccccc34)C=C(N(c3ccccc3)C3C=CC=CC3)C2)=C1. The third kappa shape index (κ3) is 7.48. The van der Waals surface area contributed by atoms with Crippen LogP contribution in [0, 0.1) is 0 Å². The molecular formula is C66H53N3O. The first-order valence-electron chi connectivity index (χ1n) is 25.0. The predicted molar refractivity (Wildman–Crippen MR) is 294 cm³/mol. The largest absolute Gasteiger partial charge is 0.455 e. The zero-order valence-corrected chi connectivity index (χ0v) is 39.2. The van der Waals surface area contributed by atoms with E-state index < -0.39 is 0 Å². The molecule has 0 bridgehead atoms. The maximum Gasteiger partial charge on any atom is 0.145 e. The third-order valence-electron chi connectivity index (χ3n) is 14.6. The molecule has 4 nitrogen and oxygen atoms in total. The van der Waals surface area contributed by atoms with Crippen LogP contribution in [0.1, 0.15) is 44.1 Å². The molecule has 0 saturated carbocycles. The van der Waals surface area contributed by atoms with Gasteiger partial charge in [0.25, 0.3) is 0 Å². The molecule has 4 aliphatic carbocycles. The number of fused-ring (bicyclic) bond motifs is 7. The molecular weight excluding hydrogens is 851 g/mol. The van der Waals surface area contributed by atoms with Gasteiger partial charge < -0.3 is 18.8 Å². The van der Waals surface area contributed by atoms with Crippen molar-refractivity contribution in [1.82, 2.24) is 9.47 Å². The van der Waals surface area contributed by atoms with Crippen LogP contribution in [0.5, 0.6) is 0 Å². The van der Waals surface area contributed by atoms with Gasteiger partial charge in [0.2, 0.25) is 0 Å². The average molecular weight is 904 g/mol. The summed E-state index contributed by atoms with van der Waals surface area (Å²) in [5, 5.41) is 4.64. The van der Waals surface area contributed by atoms with Crippen LogP contribution in [0.15, 0.2) is 258 Å². The monoisotopic (exact) mass is 903 g/mol. The van der Waals surface area contributed by atoms with Crippen molar-refractivity contribution in [2.45, 2.75) is 50.6 Å². The fourth-order valence-electron chi connectivity index (χ4n) is 11.5. The van der Waals surface area contributed by atoms with Crippen LogP contribution in [-0.4, -0.2) is 21.6 Å². The summed E-state index contributed by atoms with van der Waals surface area (Å²) in [6, 6.07) is 59.9. The van der Waals surface area contributed by atoms with E-state index in [2.05, 4.69) is 251 Å². The van der Waals surface area contributed by atoms with Gasteiger partial charge in [-0.05, 0) is 127 Å². The van der Waals surface area contributed by atoms with Gasteiger partial charge in [0.1, 0.15) is 11.2 Å². The van der Waals surface area contributed by atoms with Gasteiger partial charge in [-0.2, -0.15) is 0 Å². The van der Waals surface area contributed by atoms with Crippen LogP contribution < -0.4 is 4.90 Å². The van der Waals surface area contributed by atoms with Gasteiger partial charge in [-0.25, -0.2) is 0 Å². The van der Waals surface area contributed by atoms with Gasteiger partial charge in [-0.3, -0.25) is 0 Å². The second-order valence-electron chi connectivity index (χ2n) is 18.9. The van der Waals surface area contributed by atoms with Crippen LogP contribution in [0.2, 0.25) is 0 Å². The molecule has 7 aromatic carbocycles. The number of hydrogen-bond acceptors (Lipinski definition) is 3. The molecule has 0 spiro atoms. The van der Waals surface area contributed by atoms with Crippen LogP contribution in [0.4, 0.5) is 5.69 Å². The molecule has 4 aliphatic rings. The van der Waals surface area contributed by atoms with Gasteiger partial charge in [-0.1, -0.05) is 170 Å². The lowest BCUT2D eigenvalue weighted by atomic mass is 9.89. The highest BCUT2D eigenvalue weighted by Gasteiger charge is 2.33. The van der Waals surface area contributed by atoms with Crippen molar-refractivity contribution < 1.29 is 4.42 Å². The zero-order chi connectivity index (χ0) is 46.4. The van der Waals surface area contributed by atoms with E-state index >= 15 is 0 Å². The lowest BCUT2D eigenvalue weighted by Gasteiger charge is -2.42. The van der Waals surface area contributed by atoms with Crippen molar-refractivity contribution in [3.05, 3.63) is 259 Å². The van der Waals surface area contributed by atoms with Crippen LogP contribution in [0.25, 0.3) is 77.3 Å². The summed E-state index contributed by atoms with van der Waals surface area (Å²) in [6.45, 7) is 0. The highest BCUT2D eigenvalue weighted by atomic mass is 16.3. The van der Waals surface area contributed by atoms with Gasteiger partial charge in [0.15, 0.2) is 0 Å². The highest BCUT2D eigenvalue weighted by molar-refractivity contribution is 6.26. The Kier molecular flexibility index (Phi) is 10.7. The lowest BCUT2D eigenvalue weighted by Crippen LogP contribution is -2.40. The molecule has 0 aliphatic heterocycles. The topological polar surface area (TPSA) is 24.6 Å². The van der Waals surface area contributed by atoms with Gasteiger partial charge in [0.05, 0.1) is 28.5 Å². The zero-order valence-electron chi connectivity index (χ0n) is 39.2. The molecule has 0 saturated heterocycles. The molecule has 338 valence electrons. The van der Waals surface area contributed by atoms with E-state index in [1.165, 1.54) is 61.4 Å². The molecule has 9 aromatic rings. The first kappa shape index (κ1) is 41.8. The fourth-order valence-corrected chi connectivity index (χ4v) is 11.5. The number of allylic oxidation sites excluding steroid dienone is 11. The van der Waals surface area contributed by atoms with E-state index in [-0.39, 0.29) is 12.1 Å². The van der Waals surface area contributed by atoms with Crippen molar-refractivity contribution in [1.29, 1.82) is 0 Å². The van der Waals surface area contributed by atoms with Crippen molar-refractivity contribution in [3.8, 4) is 27.9 Å². The minimum absolute atomic E-state index is 0.0321. The maximum atomic E-state index is 7.27. The van der Waals surface area contributed by atoms with E-state index in [1.54, 1.807) is 0 Å². The molecule has 70 heavy (non-hydrogen) atoms. The number of nitrogens with zero attached hydrogens (tertiary/aromatic N) is 3. The first-order chi connectivity index (χ1) is 34.7. The second kappa shape index (κ2) is 18.0. The number of aromatic nitrogens is 1. The average Bonchev–Trinajstić information content (AvgIpc) is 3.99. The predicted octanol–water partition coefficient (Wildman–Crippen LogP) is 17.2. The molecule has 2 atom stereocenters. The Labute approximate surface area is 409 Å². The standard InChI is InChI=1S/C66H53N3O/c1-7-23-46(24-8-1)48-39-49(47-25-9-2-10-26-47)41-55(40-48)69-62-37-21-19-35-58(62)61-45-60(66-64(65(61)69)59-36-20-22-38-63(59)70-66)50-42-56(67(51-27-11-3-12-28-51)52-29-13-4-14-30-52)44-57(43-50)68(53-31-15-5-16-32-53)54-33-17-6-18-34-54/h1-5,7-15,17,19-29,31,33-43,45,52,57H,6,16,18,30,32,44H2. The molecule has 0 fully saturated rings. The van der Waals surface area contributed by atoms with Crippen molar-refractivity contribution in [3.63, 3.8) is 0 Å². The van der Waals surface area contributed by atoms with E-state index in [1.807, 2.05) is 0 Å². The van der Waals surface area contributed by atoms with Gasteiger partial charge in [0, 0.05) is 56.6 Å². The van der Waals surface area contributed by atoms with E-state index in [0.717, 1.165) is 82.7 Å². The summed E-state index contributed by atoms with van der Waals surface area (Å²) < 4.78 is 9.77. The molecule has 0 radical (unpaired) electrons. The summed E-state index contributed by atoms with van der Waals surface area (Å²) in [4.78, 5) is 5.25. The second-order valence-corrected chi connectivity index (χ2v) is 18.9. The van der Waals surface area contributed by atoms with Crippen molar-refractivity contribution in [2.24, 2.45) is 0 Å². The number of benzene rings is 7. The van der Waals surface area contributed by atoms with Crippen LogP contribution in [-0.2, 0) is 0 Å². The van der Waals surface area contributed by atoms with E-state index in [4.69, 9.17) is 4.42 Å². The normalized spacial score (nSPS) is 17.8. The number of anilines is 1.